The summed E-state index contributed by atoms with van der Waals surface area (Å²) in [6, 6.07) is 1.64. The molecule has 0 amide bonds. The molecule has 4 nitrogen and oxygen atoms in total. The van der Waals surface area contributed by atoms with Gasteiger partial charge in [0.25, 0.3) is 0 Å². The van der Waals surface area contributed by atoms with Crippen molar-refractivity contribution < 1.29 is 14.3 Å². The molecule has 0 aliphatic carbocycles. The SMILES string of the molecule is COCCc1nc(Cl)cc(C)c1C(=O)OC. The lowest BCUT2D eigenvalue weighted by atomic mass is 10.1. The predicted octanol–water partition coefficient (Wildman–Crippen LogP) is 2.02. The Hall–Kier alpha value is -1.13. The average molecular weight is 244 g/mol. The molecule has 0 bridgehead atoms. The molecular weight excluding hydrogens is 230 g/mol. The molecule has 1 aromatic rings. The summed E-state index contributed by atoms with van der Waals surface area (Å²) >= 11 is 5.84. The minimum absolute atomic E-state index is 0.372. The summed E-state index contributed by atoms with van der Waals surface area (Å²) in [5, 5.41) is 0.372. The minimum Gasteiger partial charge on any atom is -0.465 e. The van der Waals surface area contributed by atoms with Crippen molar-refractivity contribution in [1.29, 1.82) is 0 Å². The highest BCUT2D eigenvalue weighted by Crippen LogP contribution is 2.18. The number of pyridine rings is 1. The molecule has 0 aliphatic heterocycles. The fraction of sp³-hybridized carbons (Fsp3) is 0.455. The molecule has 0 saturated carbocycles. The number of hydrogen-bond donors (Lipinski definition) is 0. The van der Waals surface area contributed by atoms with Crippen LogP contribution in [0, 0.1) is 6.92 Å². The summed E-state index contributed by atoms with van der Waals surface area (Å²) in [5.74, 6) is -0.396. The third kappa shape index (κ3) is 2.93. The molecule has 0 spiro atoms. The quantitative estimate of drug-likeness (QED) is 0.600. The second-order valence-electron chi connectivity index (χ2n) is 3.32. The van der Waals surface area contributed by atoms with Crippen molar-refractivity contribution in [2.75, 3.05) is 20.8 Å². The Morgan fingerprint density at radius 3 is 2.75 bits per heavy atom. The number of methoxy groups -OCH3 is 2. The molecule has 1 rings (SSSR count). The molecule has 0 aromatic carbocycles. The van der Waals surface area contributed by atoms with Crippen molar-refractivity contribution in [1.82, 2.24) is 4.98 Å². The van der Waals surface area contributed by atoms with E-state index >= 15 is 0 Å². The van der Waals surface area contributed by atoms with E-state index in [0.717, 1.165) is 5.56 Å². The summed E-state index contributed by atoms with van der Waals surface area (Å²) in [6.45, 7) is 2.28. The molecule has 0 N–H and O–H groups in total. The van der Waals surface area contributed by atoms with Crippen molar-refractivity contribution in [3.8, 4) is 0 Å². The van der Waals surface area contributed by atoms with Gasteiger partial charge in [0.2, 0.25) is 0 Å². The summed E-state index contributed by atoms with van der Waals surface area (Å²) < 4.78 is 9.67. The summed E-state index contributed by atoms with van der Waals surface area (Å²) in [7, 11) is 2.94. The molecule has 88 valence electrons. The number of esters is 1. The van der Waals surface area contributed by atoms with Gasteiger partial charge in [-0.3, -0.25) is 0 Å². The van der Waals surface area contributed by atoms with E-state index in [1.54, 1.807) is 20.1 Å². The van der Waals surface area contributed by atoms with E-state index in [1.165, 1.54) is 7.11 Å². The highest BCUT2D eigenvalue weighted by molar-refractivity contribution is 6.29. The van der Waals surface area contributed by atoms with Crippen LogP contribution in [0.1, 0.15) is 21.6 Å². The molecule has 0 unspecified atom stereocenters. The highest BCUT2D eigenvalue weighted by Gasteiger charge is 2.17. The Morgan fingerprint density at radius 1 is 1.50 bits per heavy atom. The lowest BCUT2D eigenvalue weighted by Gasteiger charge is -2.10. The fourth-order valence-electron chi connectivity index (χ4n) is 1.46. The number of hydrogen-bond acceptors (Lipinski definition) is 4. The Kier molecular flexibility index (Phi) is 4.71. The maximum Gasteiger partial charge on any atom is 0.339 e. The lowest BCUT2D eigenvalue weighted by Crippen LogP contribution is -2.12. The van der Waals surface area contributed by atoms with Gasteiger partial charge in [0, 0.05) is 13.5 Å². The monoisotopic (exact) mass is 243 g/mol. The van der Waals surface area contributed by atoms with Crippen LogP contribution in [0.5, 0.6) is 0 Å². The molecule has 1 heterocycles. The number of ether oxygens (including phenoxy) is 2. The van der Waals surface area contributed by atoms with Crippen molar-refractivity contribution in [2.45, 2.75) is 13.3 Å². The summed E-state index contributed by atoms with van der Waals surface area (Å²) in [6.07, 6.45) is 0.530. The van der Waals surface area contributed by atoms with Gasteiger partial charge in [0.05, 0.1) is 25.0 Å². The van der Waals surface area contributed by atoms with Gasteiger partial charge in [-0.15, -0.1) is 0 Å². The van der Waals surface area contributed by atoms with E-state index in [9.17, 15) is 4.79 Å². The normalized spacial score (nSPS) is 10.2. The lowest BCUT2D eigenvalue weighted by molar-refractivity contribution is 0.0597. The first-order valence-electron chi connectivity index (χ1n) is 4.83. The number of halogens is 1. The number of rotatable bonds is 4. The number of carbonyl (C=O) groups excluding carboxylic acids is 1. The Balaban J connectivity index is 3.15. The van der Waals surface area contributed by atoms with Crippen LogP contribution in [0.4, 0.5) is 0 Å². The average Bonchev–Trinajstić information content (AvgIpc) is 2.24. The van der Waals surface area contributed by atoms with E-state index in [-0.39, 0.29) is 0 Å². The highest BCUT2D eigenvalue weighted by atomic mass is 35.5. The van der Waals surface area contributed by atoms with E-state index in [1.807, 2.05) is 0 Å². The third-order valence-electron chi connectivity index (χ3n) is 2.19. The number of carbonyl (C=O) groups is 1. The molecule has 16 heavy (non-hydrogen) atoms. The Labute approximate surface area is 99.5 Å². The smallest absolute Gasteiger partial charge is 0.339 e. The van der Waals surface area contributed by atoms with Gasteiger partial charge in [-0.05, 0) is 18.6 Å². The van der Waals surface area contributed by atoms with Crippen LogP contribution in [0.25, 0.3) is 0 Å². The van der Waals surface area contributed by atoms with E-state index < -0.39 is 5.97 Å². The van der Waals surface area contributed by atoms with Gasteiger partial charge >= 0.3 is 5.97 Å². The third-order valence-corrected chi connectivity index (χ3v) is 2.39. The van der Waals surface area contributed by atoms with Gasteiger partial charge < -0.3 is 9.47 Å². The second-order valence-corrected chi connectivity index (χ2v) is 3.71. The Morgan fingerprint density at radius 2 is 2.19 bits per heavy atom. The van der Waals surface area contributed by atoms with E-state index in [2.05, 4.69) is 4.98 Å². The first-order valence-corrected chi connectivity index (χ1v) is 5.21. The number of aryl methyl sites for hydroxylation is 1. The second kappa shape index (κ2) is 5.82. The zero-order valence-corrected chi connectivity index (χ0v) is 10.3. The summed E-state index contributed by atoms with van der Waals surface area (Å²) in [4.78, 5) is 15.7. The fourth-order valence-corrected chi connectivity index (χ4v) is 1.72. The van der Waals surface area contributed by atoms with Crippen molar-refractivity contribution >= 4 is 17.6 Å². The topological polar surface area (TPSA) is 48.4 Å². The predicted molar refractivity (Wildman–Crippen MR) is 60.9 cm³/mol. The van der Waals surface area contributed by atoms with Gasteiger partial charge in [-0.2, -0.15) is 0 Å². The minimum atomic E-state index is -0.396. The first kappa shape index (κ1) is 12.9. The molecule has 0 radical (unpaired) electrons. The van der Waals surface area contributed by atoms with Crippen LogP contribution in [-0.2, 0) is 15.9 Å². The number of aromatic nitrogens is 1. The molecule has 5 heteroatoms. The Bertz CT molecular complexity index is 393. The van der Waals surface area contributed by atoms with Gasteiger partial charge in [0.1, 0.15) is 5.15 Å². The van der Waals surface area contributed by atoms with Gasteiger partial charge in [-0.25, -0.2) is 9.78 Å². The standard InChI is InChI=1S/C11H14ClNO3/c1-7-6-9(12)13-8(4-5-15-2)10(7)11(14)16-3/h6H,4-5H2,1-3H3. The van der Waals surface area contributed by atoms with Crippen molar-refractivity contribution in [2.24, 2.45) is 0 Å². The maximum absolute atomic E-state index is 11.6. The van der Waals surface area contributed by atoms with E-state index in [4.69, 9.17) is 21.1 Å². The van der Waals surface area contributed by atoms with Crippen LogP contribution >= 0.6 is 11.6 Å². The van der Waals surface area contributed by atoms with Crippen molar-refractivity contribution in [3.05, 3.63) is 28.0 Å². The van der Waals surface area contributed by atoms with Crippen LogP contribution in [0.15, 0.2) is 6.07 Å². The number of nitrogens with zero attached hydrogens (tertiary/aromatic N) is 1. The van der Waals surface area contributed by atoms with Crippen LogP contribution in [0.3, 0.4) is 0 Å². The largest absolute Gasteiger partial charge is 0.465 e. The van der Waals surface area contributed by atoms with E-state index in [0.29, 0.717) is 29.4 Å². The zero-order valence-electron chi connectivity index (χ0n) is 9.54. The van der Waals surface area contributed by atoms with Crippen LogP contribution in [-0.4, -0.2) is 31.8 Å². The molecule has 0 aliphatic rings. The zero-order chi connectivity index (χ0) is 12.1. The van der Waals surface area contributed by atoms with Crippen LogP contribution < -0.4 is 0 Å². The molecule has 1 aromatic heterocycles. The molecule has 0 atom stereocenters. The molecule has 0 fully saturated rings. The maximum atomic E-state index is 11.6. The van der Waals surface area contributed by atoms with Gasteiger partial charge in [0.15, 0.2) is 0 Å². The molecule has 0 saturated heterocycles. The van der Waals surface area contributed by atoms with Gasteiger partial charge in [-0.1, -0.05) is 11.6 Å². The molecular formula is C11H14ClNO3. The van der Waals surface area contributed by atoms with Crippen LogP contribution in [0.2, 0.25) is 5.15 Å². The van der Waals surface area contributed by atoms with Crippen molar-refractivity contribution in [3.63, 3.8) is 0 Å². The first-order chi connectivity index (χ1) is 7.60. The summed E-state index contributed by atoms with van der Waals surface area (Å²) in [5.41, 5.74) is 1.85.